The molecule has 0 amide bonds. The molecule has 11 rings (SSSR count). The number of thiophene rings is 1. The zero-order chi connectivity index (χ0) is 34.9. The Kier molecular flexibility index (Phi) is 6.84. The average Bonchev–Trinajstić information content (AvgIpc) is 3.60. The van der Waals surface area contributed by atoms with E-state index in [1.165, 1.54) is 58.0 Å². The van der Waals surface area contributed by atoms with Gasteiger partial charge in [0, 0.05) is 48.4 Å². The third-order valence-electron chi connectivity index (χ3n) is 11.0. The lowest BCUT2D eigenvalue weighted by Gasteiger charge is -2.47. The highest BCUT2D eigenvalue weighted by atomic mass is 32.1. The molecule has 2 nitrogen and oxygen atoms in total. The molecular formula is C49H32NOSSi. The average molecular weight is 711 g/mol. The second kappa shape index (κ2) is 11.9. The van der Waals surface area contributed by atoms with Crippen LogP contribution < -0.4 is 25.2 Å². The van der Waals surface area contributed by atoms with E-state index in [1.807, 2.05) is 11.3 Å². The summed E-state index contributed by atoms with van der Waals surface area (Å²) in [5, 5.41) is 6.80. The van der Waals surface area contributed by atoms with Gasteiger partial charge in [0.05, 0.1) is 5.41 Å². The summed E-state index contributed by atoms with van der Waals surface area (Å²) in [6, 6.07) is 71.5. The van der Waals surface area contributed by atoms with Gasteiger partial charge in [-0.2, -0.15) is 0 Å². The summed E-state index contributed by atoms with van der Waals surface area (Å²) in [5.74, 6) is 1.81. The van der Waals surface area contributed by atoms with E-state index < -0.39 is 14.2 Å². The molecule has 3 heterocycles. The highest BCUT2D eigenvalue weighted by Gasteiger charge is 2.51. The van der Waals surface area contributed by atoms with Crippen LogP contribution in [-0.4, -0.2) is 8.80 Å². The van der Waals surface area contributed by atoms with Gasteiger partial charge in [0.2, 0.25) is 0 Å². The Morgan fingerprint density at radius 3 is 1.75 bits per heavy atom. The van der Waals surface area contributed by atoms with Crippen molar-refractivity contribution in [1.29, 1.82) is 0 Å². The molecule has 0 aliphatic carbocycles. The molecule has 249 valence electrons. The van der Waals surface area contributed by atoms with Crippen molar-refractivity contribution in [2.24, 2.45) is 0 Å². The Balaban J connectivity index is 1.24. The first kappa shape index (κ1) is 30.4. The van der Waals surface area contributed by atoms with E-state index in [4.69, 9.17) is 4.74 Å². The predicted molar refractivity (Wildman–Crippen MR) is 223 cm³/mol. The van der Waals surface area contributed by atoms with Crippen molar-refractivity contribution >= 4 is 72.9 Å². The number of ether oxygens (including phenoxy) is 1. The summed E-state index contributed by atoms with van der Waals surface area (Å²) in [5.41, 5.74) is 7.81. The zero-order valence-electron chi connectivity index (χ0n) is 28.7. The van der Waals surface area contributed by atoms with E-state index in [1.54, 1.807) is 0 Å². The molecule has 9 aromatic rings. The fraction of sp³-hybridized carbons (Fsp3) is 0.0204. The van der Waals surface area contributed by atoms with Crippen LogP contribution in [0.1, 0.15) is 22.3 Å². The first-order valence-corrected chi connectivity index (χ1v) is 20.4. The summed E-state index contributed by atoms with van der Waals surface area (Å²) >= 11 is 1.86. The standard InChI is InChI=1S/C49H32NOSSi/c1-3-15-33(16-4-1)50(34-27-29-46-38(31-34)37-19-7-13-25-45(37)52-46)35-28-30-48-42(32-35)49(39-20-8-11-23-43(39)51-44-24-12-9-21-40(44)49)41-22-10-14-26-47(41)53(48)36-17-5-2-6-18-36/h1-32H. The predicted octanol–water partition coefficient (Wildman–Crippen LogP) is 10.8. The van der Waals surface area contributed by atoms with Gasteiger partial charge in [0.25, 0.3) is 0 Å². The lowest BCUT2D eigenvalue weighted by Crippen LogP contribution is -2.62. The number of fused-ring (bicyclic) bond motifs is 11. The Hall–Kier alpha value is -6.20. The van der Waals surface area contributed by atoms with Crippen molar-refractivity contribution in [2.75, 3.05) is 4.90 Å². The van der Waals surface area contributed by atoms with Gasteiger partial charge in [-0.25, -0.2) is 0 Å². The monoisotopic (exact) mass is 710 g/mol. The molecule has 4 heteroatoms. The summed E-state index contributed by atoms with van der Waals surface area (Å²) < 4.78 is 9.34. The van der Waals surface area contributed by atoms with E-state index in [0.29, 0.717) is 0 Å². The van der Waals surface area contributed by atoms with Gasteiger partial charge >= 0.3 is 0 Å². The molecule has 8 aromatic carbocycles. The van der Waals surface area contributed by atoms with E-state index in [-0.39, 0.29) is 0 Å². The van der Waals surface area contributed by atoms with Crippen LogP contribution in [0, 0.1) is 0 Å². The van der Waals surface area contributed by atoms with E-state index in [0.717, 1.165) is 28.6 Å². The van der Waals surface area contributed by atoms with Crippen molar-refractivity contribution in [1.82, 2.24) is 0 Å². The number of nitrogens with zero attached hydrogens (tertiary/aromatic N) is 1. The van der Waals surface area contributed by atoms with Crippen molar-refractivity contribution in [2.45, 2.75) is 5.41 Å². The van der Waals surface area contributed by atoms with Gasteiger partial charge in [-0.05, 0) is 82.2 Å². The van der Waals surface area contributed by atoms with Crippen molar-refractivity contribution < 1.29 is 4.74 Å². The molecule has 0 unspecified atom stereocenters. The molecule has 0 saturated heterocycles. The van der Waals surface area contributed by atoms with Gasteiger partial charge in [0.1, 0.15) is 11.5 Å². The van der Waals surface area contributed by atoms with E-state index in [2.05, 4.69) is 199 Å². The number of hydrogen-bond donors (Lipinski definition) is 0. The topological polar surface area (TPSA) is 12.5 Å². The zero-order valence-corrected chi connectivity index (χ0v) is 30.6. The summed E-state index contributed by atoms with van der Waals surface area (Å²) in [7, 11) is -1.39. The first-order valence-electron chi connectivity index (χ1n) is 18.1. The first-order chi connectivity index (χ1) is 26.3. The number of hydrogen-bond acceptors (Lipinski definition) is 3. The second-order valence-corrected chi connectivity index (χ2v) is 17.3. The lowest BCUT2D eigenvalue weighted by molar-refractivity contribution is 0.435. The maximum absolute atomic E-state index is 6.73. The van der Waals surface area contributed by atoms with E-state index >= 15 is 0 Å². The largest absolute Gasteiger partial charge is 0.457 e. The van der Waals surface area contributed by atoms with Gasteiger partial charge in [-0.1, -0.05) is 139 Å². The van der Waals surface area contributed by atoms with Crippen molar-refractivity contribution in [3.05, 3.63) is 216 Å². The molecule has 1 aromatic heterocycles. The van der Waals surface area contributed by atoms with E-state index in [9.17, 15) is 0 Å². The van der Waals surface area contributed by atoms with Crippen LogP contribution in [-0.2, 0) is 5.41 Å². The van der Waals surface area contributed by atoms with Crippen LogP contribution in [0.25, 0.3) is 20.2 Å². The minimum Gasteiger partial charge on any atom is -0.457 e. The Morgan fingerprint density at radius 1 is 0.415 bits per heavy atom. The van der Waals surface area contributed by atoms with Gasteiger partial charge in [-0.3, -0.25) is 0 Å². The summed E-state index contributed by atoms with van der Waals surface area (Å²) in [6.45, 7) is 0. The molecule has 53 heavy (non-hydrogen) atoms. The normalized spacial score (nSPS) is 13.9. The highest BCUT2D eigenvalue weighted by molar-refractivity contribution is 7.25. The lowest BCUT2D eigenvalue weighted by atomic mass is 9.63. The van der Waals surface area contributed by atoms with Crippen molar-refractivity contribution in [3.63, 3.8) is 0 Å². The fourth-order valence-corrected chi connectivity index (χ4v) is 13.0. The molecule has 0 fully saturated rings. The molecule has 0 saturated carbocycles. The van der Waals surface area contributed by atoms with Crippen LogP contribution in [0.4, 0.5) is 17.1 Å². The van der Waals surface area contributed by atoms with Crippen LogP contribution in [0.15, 0.2) is 194 Å². The molecular weight excluding hydrogens is 679 g/mol. The second-order valence-electron chi connectivity index (χ2n) is 13.8. The number of anilines is 3. The quantitative estimate of drug-likeness (QED) is 0.169. The van der Waals surface area contributed by atoms with Gasteiger partial charge in [0.15, 0.2) is 8.80 Å². The van der Waals surface area contributed by atoms with Crippen LogP contribution in [0.5, 0.6) is 11.5 Å². The third kappa shape index (κ3) is 4.49. The Morgan fingerprint density at radius 2 is 0.981 bits per heavy atom. The molecule has 0 bridgehead atoms. The minimum atomic E-state index is -1.39. The molecule has 2 aliphatic heterocycles. The molecule has 0 atom stereocenters. The number of rotatable bonds is 4. The highest BCUT2D eigenvalue weighted by Crippen LogP contribution is 2.56. The maximum atomic E-state index is 6.73. The molecule has 1 spiro atoms. The van der Waals surface area contributed by atoms with Crippen molar-refractivity contribution in [3.8, 4) is 11.5 Å². The van der Waals surface area contributed by atoms with Crippen LogP contribution >= 0.6 is 11.3 Å². The molecule has 0 N–H and O–H groups in total. The van der Waals surface area contributed by atoms with Crippen LogP contribution in [0.2, 0.25) is 0 Å². The summed E-state index contributed by atoms with van der Waals surface area (Å²) in [6.07, 6.45) is 0. The third-order valence-corrected chi connectivity index (χ3v) is 15.0. The number of benzene rings is 8. The fourth-order valence-electron chi connectivity index (χ4n) is 8.89. The smallest absolute Gasteiger partial charge is 0.155 e. The van der Waals surface area contributed by atoms with Crippen LogP contribution in [0.3, 0.4) is 0 Å². The van der Waals surface area contributed by atoms with Gasteiger partial charge in [-0.15, -0.1) is 11.3 Å². The SMILES string of the molecule is c1ccc(N(c2ccc3c(c2)C2(c4ccccc4Oc4ccccc42)c2ccccc2[Si]3c2ccccc2)c2ccc3sc4ccccc4c3c2)cc1. The Bertz CT molecular complexity index is 2800. The molecule has 2 aliphatic rings. The van der Waals surface area contributed by atoms with Gasteiger partial charge < -0.3 is 9.64 Å². The Labute approximate surface area is 314 Å². The number of para-hydroxylation sites is 3. The maximum Gasteiger partial charge on any atom is 0.155 e. The molecule has 1 radical (unpaired) electrons. The summed E-state index contributed by atoms with van der Waals surface area (Å²) in [4.78, 5) is 2.44. The minimum absolute atomic E-state index is 0.591.